The SMILES string of the molecule is COc1ccccc1OCCNS(=O)(=O)c1ccc(F)c(C)c1. The minimum absolute atomic E-state index is 0.0219. The summed E-state index contributed by atoms with van der Waals surface area (Å²) in [5.74, 6) is 0.666. The highest BCUT2D eigenvalue weighted by Gasteiger charge is 2.14. The van der Waals surface area contributed by atoms with Crippen molar-refractivity contribution < 1.29 is 22.3 Å². The van der Waals surface area contributed by atoms with Crippen LogP contribution in [0.25, 0.3) is 0 Å². The van der Waals surface area contributed by atoms with Crippen molar-refractivity contribution in [2.45, 2.75) is 11.8 Å². The minimum atomic E-state index is -3.70. The highest BCUT2D eigenvalue weighted by Crippen LogP contribution is 2.25. The smallest absolute Gasteiger partial charge is 0.240 e. The summed E-state index contributed by atoms with van der Waals surface area (Å²) in [6.45, 7) is 1.73. The number of benzene rings is 2. The zero-order valence-electron chi connectivity index (χ0n) is 12.9. The molecular formula is C16H18FNO4S. The first kappa shape index (κ1) is 17.2. The average Bonchev–Trinajstić information content (AvgIpc) is 2.54. The van der Waals surface area contributed by atoms with Crippen LogP contribution < -0.4 is 14.2 Å². The van der Waals surface area contributed by atoms with Gasteiger partial charge >= 0.3 is 0 Å². The number of ether oxygens (including phenoxy) is 2. The zero-order valence-corrected chi connectivity index (χ0v) is 13.7. The predicted octanol–water partition coefficient (Wildman–Crippen LogP) is 2.50. The fourth-order valence-electron chi connectivity index (χ4n) is 1.94. The van der Waals surface area contributed by atoms with E-state index in [9.17, 15) is 12.8 Å². The van der Waals surface area contributed by atoms with Gasteiger partial charge in [0.2, 0.25) is 10.0 Å². The maximum absolute atomic E-state index is 13.2. The van der Waals surface area contributed by atoms with E-state index in [0.29, 0.717) is 11.5 Å². The summed E-state index contributed by atoms with van der Waals surface area (Å²) < 4.78 is 50.5. The Balaban J connectivity index is 1.93. The Morgan fingerprint density at radius 3 is 2.48 bits per heavy atom. The maximum atomic E-state index is 13.2. The molecule has 2 aromatic rings. The molecule has 0 aromatic heterocycles. The molecule has 0 spiro atoms. The van der Waals surface area contributed by atoms with Crippen LogP contribution in [0.15, 0.2) is 47.4 Å². The van der Waals surface area contributed by atoms with E-state index in [1.165, 1.54) is 26.2 Å². The van der Waals surface area contributed by atoms with E-state index >= 15 is 0 Å². The molecule has 2 aromatic carbocycles. The standard InChI is InChI=1S/C16H18FNO4S/c1-12-11-13(7-8-14(12)17)23(19,20)18-9-10-22-16-6-4-3-5-15(16)21-2/h3-8,11,18H,9-10H2,1-2H3. The second-order valence-corrected chi connectivity index (χ2v) is 6.58. The fourth-order valence-corrected chi connectivity index (χ4v) is 3.04. The molecule has 124 valence electrons. The van der Waals surface area contributed by atoms with E-state index in [2.05, 4.69) is 4.72 Å². The predicted molar refractivity (Wildman–Crippen MR) is 84.8 cm³/mol. The number of nitrogens with one attached hydrogen (secondary N) is 1. The Bertz CT molecular complexity index is 777. The van der Waals surface area contributed by atoms with Crippen LogP contribution in [0, 0.1) is 12.7 Å². The molecule has 0 atom stereocenters. The van der Waals surface area contributed by atoms with E-state index in [0.717, 1.165) is 6.07 Å². The van der Waals surface area contributed by atoms with Crippen LogP contribution in [0.5, 0.6) is 11.5 Å². The molecule has 0 bridgehead atoms. The van der Waals surface area contributed by atoms with E-state index in [4.69, 9.17) is 9.47 Å². The molecule has 1 N–H and O–H groups in total. The summed E-state index contributed by atoms with van der Waals surface area (Å²) in [5.41, 5.74) is 0.276. The van der Waals surface area contributed by atoms with Crippen LogP contribution in [0.4, 0.5) is 4.39 Å². The molecule has 7 heteroatoms. The lowest BCUT2D eigenvalue weighted by atomic mass is 10.2. The van der Waals surface area contributed by atoms with Crippen molar-refractivity contribution in [2.24, 2.45) is 0 Å². The highest BCUT2D eigenvalue weighted by molar-refractivity contribution is 7.89. The summed E-state index contributed by atoms with van der Waals surface area (Å²) in [6, 6.07) is 10.7. The van der Waals surface area contributed by atoms with E-state index < -0.39 is 15.8 Å². The van der Waals surface area contributed by atoms with Gasteiger partial charge in [-0.15, -0.1) is 0 Å². The zero-order chi connectivity index (χ0) is 16.9. The lowest BCUT2D eigenvalue weighted by Gasteiger charge is -2.11. The number of rotatable bonds is 7. The van der Waals surface area contributed by atoms with E-state index in [-0.39, 0.29) is 23.6 Å². The van der Waals surface area contributed by atoms with Gasteiger partial charge < -0.3 is 9.47 Å². The lowest BCUT2D eigenvalue weighted by Crippen LogP contribution is -2.28. The molecule has 0 aliphatic heterocycles. The van der Waals surface area contributed by atoms with Gasteiger partial charge in [0.15, 0.2) is 11.5 Å². The third kappa shape index (κ3) is 4.43. The largest absolute Gasteiger partial charge is 0.493 e. The molecule has 2 rings (SSSR count). The molecule has 0 heterocycles. The monoisotopic (exact) mass is 339 g/mol. The van der Waals surface area contributed by atoms with Gasteiger partial charge in [0.1, 0.15) is 12.4 Å². The van der Waals surface area contributed by atoms with Gasteiger partial charge in [-0.3, -0.25) is 0 Å². The van der Waals surface area contributed by atoms with Gasteiger partial charge in [-0.25, -0.2) is 17.5 Å². The van der Waals surface area contributed by atoms with Gasteiger partial charge in [0.25, 0.3) is 0 Å². The van der Waals surface area contributed by atoms with Crippen molar-refractivity contribution in [1.82, 2.24) is 4.72 Å². The molecule has 23 heavy (non-hydrogen) atoms. The van der Waals surface area contributed by atoms with Gasteiger partial charge in [-0.05, 0) is 42.8 Å². The van der Waals surface area contributed by atoms with E-state index in [1.54, 1.807) is 18.2 Å². The molecule has 0 aliphatic carbocycles. The summed E-state index contributed by atoms with van der Waals surface area (Å²) in [5, 5.41) is 0. The number of hydrogen-bond acceptors (Lipinski definition) is 4. The van der Waals surface area contributed by atoms with Crippen LogP contribution in [0.3, 0.4) is 0 Å². The number of methoxy groups -OCH3 is 1. The second-order valence-electron chi connectivity index (χ2n) is 4.81. The Kier molecular flexibility index (Phi) is 5.57. The van der Waals surface area contributed by atoms with Crippen molar-refractivity contribution in [3.8, 4) is 11.5 Å². The molecule has 0 amide bonds. The van der Waals surface area contributed by atoms with Crippen LogP contribution in [-0.4, -0.2) is 28.7 Å². The van der Waals surface area contributed by atoms with Crippen molar-refractivity contribution in [3.63, 3.8) is 0 Å². The Labute approximate surface area is 135 Å². The van der Waals surface area contributed by atoms with Crippen molar-refractivity contribution >= 4 is 10.0 Å². The summed E-state index contributed by atoms with van der Waals surface area (Å²) in [7, 11) is -2.17. The first-order valence-electron chi connectivity index (χ1n) is 6.95. The van der Waals surface area contributed by atoms with Crippen LogP contribution in [-0.2, 0) is 10.0 Å². The van der Waals surface area contributed by atoms with Crippen LogP contribution in [0.1, 0.15) is 5.56 Å². The quantitative estimate of drug-likeness (QED) is 0.787. The fraction of sp³-hybridized carbons (Fsp3) is 0.250. The van der Waals surface area contributed by atoms with Gasteiger partial charge in [0.05, 0.1) is 12.0 Å². The minimum Gasteiger partial charge on any atom is -0.493 e. The number of para-hydroxylation sites is 2. The first-order valence-corrected chi connectivity index (χ1v) is 8.44. The van der Waals surface area contributed by atoms with Gasteiger partial charge in [0, 0.05) is 6.54 Å². The Morgan fingerprint density at radius 1 is 1.13 bits per heavy atom. The van der Waals surface area contributed by atoms with Gasteiger partial charge in [-0.2, -0.15) is 0 Å². The topological polar surface area (TPSA) is 64.6 Å². The summed E-state index contributed by atoms with van der Waals surface area (Å²) in [4.78, 5) is 0.0219. The molecule has 0 fully saturated rings. The van der Waals surface area contributed by atoms with Crippen LogP contribution >= 0.6 is 0 Å². The Morgan fingerprint density at radius 2 is 1.83 bits per heavy atom. The third-order valence-corrected chi connectivity index (χ3v) is 4.62. The average molecular weight is 339 g/mol. The van der Waals surface area contributed by atoms with Crippen molar-refractivity contribution in [2.75, 3.05) is 20.3 Å². The first-order chi connectivity index (χ1) is 10.9. The Hall–Kier alpha value is -2.12. The number of sulfonamides is 1. The number of aryl methyl sites for hydroxylation is 1. The molecule has 0 aliphatic rings. The van der Waals surface area contributed by atoms with Crippen LogP contribution in [0.2, 0.25) is 0 Å². The molecule has 0 saturated heterocycles. The van der Waals surface area contributed by atoms with E-state index in [1.807, 2.05) is 6.07 Å². The van der Waals surface area contributed by atoms with Crippen molar-refractivity contribution in [1.29, 1.82) is 0 Å². The molecule has 5 nitrogen and oxygen atoms in total. The number of halogens is 1. The van der Waals surface area contributed by atoms with Crippen molar-refractivity contribution in [3.05, 3.63) is 53.8 Å². The normalized spacial score (nSPS) is 11.3. The van der Waals surface area contributed by atoms with Gasteiger partial charge in [-0.1, -0.05) is 12.1 Å². The maximum Gasteiger partial charge on any atom is 0.240 e. The number of hydrogen-bond donors (Lipinski definition) is 1. The highest BCUT2D eigenvalue weighted by atomic mass is 32.2. The molecule has 0 unspecified atom stereocenters. The lowest BCUT2D eigenvalue weighted by molar-refractivity contribution is 0.298. The second kappa shape index (κ2) is 7.43. The summed E-state index contributed by atoms with van der Waals surface area (Å²) in [6.07, 6.45) is 0. The third-order valence-electron chi connectivity index (χ3n) is 3.16. The molecule has 0 saturated carbocycles. The summed E-state index contributed by atoms with van der Waals surface area (Å²) >= 11 is 0. The molecular weight excluding hydrogens is 321 g/mol. The molecule has 0 radical (unpaired) electrons.